The smallest absolute Gasteiger partial charge is 0.323 e. The number of hydrogen-bond donors (Lipinski definition) is 2. The molecule has 2 unspecified atom stereocenters. The molecule has 4 rings (SSSR count). The lowest BCUT2D eigenvalue weighted by Crippen LogP contribution is -2.53. The highest BCUT2D eigenvalue weighted by Gasteiger charge is 2.61. The SMILES string of the molecule is O=C1NC(=O)C2(N1)C(=O)N(CC1CCCCO1)c1ccccc12. The zero-order valence-electron chi connectivity index (χ0n) is 12.5. The summed E-state index contributed by atoms with van der Waals surface area (Å²) in [6, 6.07) is 6.43. The number of carbonyl (C=O) groups excluding carboxylic acids is 3. The number of carbonyl (C=O) groups is 3. The van der Waals surface area contributed by atoms with Crippen LogP contribution in [0.4, 0.5) is 10.5 Å². The lowest BCUT2D eigenvalue weighted by molar-refractivity contribution is -0.134. The maximum absolute atomic E-state index is 13.0. The normalized spacial score (nSPS) is 29.7. The molecule has 0 aliphatic carbocycles. The number of rotatable bonds is 2. The van der Waals surface area contributed by atoms with Crippen LogP contribution in [0.15, 0.2) is 24.3 Å². The predicted octanol–water partition coefficient (Wildman–Crippen LogP) is 0.637. The Balaban J connectivity index is 1.73. The van der Waals surface area contributed by atoms with Gasteiger partial charge in [0.1, 0.15) is 0 Å². The van der Waals surface area contributed by atoms with Gasteiger partial charge in [0.25, 0.3) is 11.8 Å². The molecule has 3 heterocycles. The second kappa shape index (κ2) is 5.06. The summed E-state index contributed by atoms with van der Waals surface area (Å²) in [6.45, 7) is 1.08. The van der Waals surface area contributed by atoms with Gasteiger partial charge in [0, 0.05) is 12.2 Å². The Hall–Kier alpha value is -2.41. The Labute approximate surface area is 133 Å². The van der Waals surface area contributed by atoms with Crippen molar-refractivity contribution in [3.8, 4) is 0 Å². The van der Waals surface area contributed by atoms with E-state index in [9.17, 15) is 14.4 Å². The number of imide groups is 1. The van der Waals surface area contributed by atoms with Crippen molar-refractivity contribution in [1.82, 2.24) is 10.6 Å². The van der Waals surface area contributed by atoms with E-state index in [0.717, 1.165) is 19.3 Å². The van der Waals surface area contributed by atoms with E-state index in [1.54, 1.807) is 23.1 Å². The fraction of sp³-hybridized carbons (Fsp3) is 0.438. The van der Waals surface area contributed by atoms with E-state index >= 15 is 0 Å². The quantitative estimate of drug-likeness (QED) is 0.619. The van der Waals surface area contributed by atoms with Crippen LogP contribution in [0.5, 0.6) is 0 Å². The minimum absolute atomic E-state index is 0.0453. The number of hydrogen-bond acceptors (Lipinski definition) is 4. The fourth-order valence-corrected chi connectivity index (χ4v) is 3.58. The second-order valence-corrected chi connectivity index (χ2v) is 6.08. The van der Waals surface area contributed by atoms with Crippen LogP contribution in [0, 0.1) is 0 Å². The lowest BCUT2D eigenvalue weighted by Gasteiger charge is -2.28. The summed E-state index contributed by atoms with van der Waals surface area (Å²) in [7, 11) is 0. The van der Waals surface area contributed by atoms with Crippen LogP contribution in [0.1, 0.15) is 24.8 Å². The van der Waals surface area contributed by atoms with Crippen molar-refractivity contribution in [2.75, 3.05) is 18.1 Å². The molecular formula is C16H17N3O4. The van der Waals surface area contributed by atoms with E-state index in [2.05, 4.69) is 10.6 Å². The van der Waals surface area contributed by atoms with Crippen LogP contribution in [0.25, 0.3) is 0 Å². The molecule has 3 aliphatic heterocycles. The summed E-state index contributed by atoms with van der Waals surface area (Å²) in [4.78, 5) is 38.6. The Morgan fingerprint density at radius 1 is 1.22 bits per heavy atom. The Kier molecular flexibility index (Phi) is 3.12. The molecule has 2 fully saturated rings. The van der Waals surface area contributed by atoms with Crippen LogP contribution in [-0.4, -0.2) is 37.1 Å². The number of benzene rings is 1. The first-order valence-electron chi connectivity index (χ1n) is 7.79. The van der Waals surface area contributed by atoms with Crippen LogP contribution in [0.3, 0.4) is 0 Å². The van der Waals surface area contributed by atoms with Gasteiger partial charge in [0.2, 0.25) is 5.54 Å². The zero-order chi connectivity index (χ0) is 16.0. The molecule has 3 aliphatic rings. The number of amides is 4. The van der Waals surface area contributed by atoms with E-state index in [1.807, 2.05) is 6.07 Å². The van der Waals surface area contributed by atoms with Crippen molar-refractivity contribution >= 4 is 23.5 Å². The molecule has 1 spiro atoms. The van der Waals surface area contributed by atoms with E-state index in [4.69, 9.17) is 4.74 Å². The number of para-hydroxylation sites is 1. The molecule has 0 radical (unpaired) electrons. The van der Waals surface area contributed by atoms with E-state index in [-0.39, 0.29) is 6.10 Å². The predicted molar refractivity (Wildman–Crippen MR) is 80.7 cm³/mol. The topological polar surface area (TPSA) is 87.7 Å². The summed E-state index contributed by atoms with van der Waals surface area (Å²) >= 11 is 0. The maximum Gasteiger partial charge on any atom is 0.323 e. The largest absolute Gasteiger partial charge is 0.376 e. The maximum atomic E-state index is 13.0. The van der Waals surface area contributed by atoms with Crippen molar-refractivity contribution < 1.29 is 19.1 Å². The van der Waals surface area contributed by atoms with Gasteiger partial charge in [-0.1, -0.05) is 18.2 Å². The van der Waals surface area contributed by atoms with Gasteiger partial charge in [-0.3, -0.25) is 14.9 Å². The van der Waals surface area contributed by atoms with Gasteiger partial charge in [0.15, 0.2) is 0 Å². The summed E-state index contributed by atoms with van der Waals surface area (Å²) < 4.78 is 5.72. The van der Waals surface area contributed by atoms with Crippen LogP contribution < -0.4 is 15.5 Å². The third kappa shape index (κ3) is 1.96. The molecule has 120 valence electrons. The molecule has 2 N–H and O–H groups in total. The molecular weight excluding hydrogens is 298 g/mol. The van der Waals surface area contributed by atoms with Gasteiger partial charge in [-0.25, -0.2) is 4.79 Å². The highest BCUT2D eigenvalue weighted by Crippen LogP contribution is 2.42. The summed E-state index contributed by atoms with van der Waals surface area (Å²) in [5, 5.41) is 4.70. The number of nitrogens with zero attached hydrogens (tertiary/aromatic N) is 1. The van der Waals surface area contributed by atoms with Crippen molar-refractivity contribution in [2.45, 2.75) is 30.9 Å². The summed E-state index contributed by atoms with van der Waals surface area (Å²) in [6.07, 6.45) is 2.94. The Morgan fingerprint density at radius 2 is 2.04 bits per heavy atom. The molecule has 0 aromatic heterocycles. The highest BCUT2D eigenvalue weighted by molar-refractivity contribution is 6.27. The second-order valence-electron chi connectivity index (χ2n) is 6.08. The molecule has 7 nitrogen and oxygen atoms in total. The third-order valence-electron chi connectivity index (χ3n) is 4.69. The highest BCUT2D eigenvalue weighted by atomic mass is 16.5. The zero-order valence-corrected chi connectivity index (χ0v) is 12.5. The summed E-state index contributed by atoms with van der Waals surface area (Å²) in [5.74, 6) is -1.04. The van der Waals surface area contributed by atoms with Gasteiger partial charge < -0.3 is 15.0 Å². The fourth-order valence-electron chi connectivity index (χ4n) is 3.58. The molecule has 0 bridgehead atoms. The van der Waals surface area contributed by atoms with E-state index < -0.39 is 23.4 Å². The van der Waals surface area contributed by atoms with Crippen molar-refractivity contribution in [3.63, 3.8) is 0 Å². The Morgan fingerprint density at radius 3 is 2.74 bits per heavy atom. The van der Waals surface area contributed by atoms with E-state index in [1.165, 1.54) is 0 Å². The number of fused-ring (bicyclic) bond motifs is 2. The van der Waals surface area contributed by atoms with E-state index in [0.29, 0.717) is 24.4 Å². The van der Waals surface area contributed by atoms with Gasteiger partial charge in [-0.2, -0.15) is 0 Å². The first kappa shape index (κ1) is 14.2. The number of anilines is 1. The molecule has 0 saturated carbocycles. The van der Waals surface area contributed by atoms with Crippen LogP contribution in [0.2, 0.25) is 0 Å². The number of urea groups is 1. The minimum Gasteiger partial charge on any atom is -0.376 e. The van der Waals surface area contributed by atoms with Gasteiger partial charge >= 0.3 is 6.03 Å². The van der Waals surface area contributed by atoms with Crippen molar-refractivity contribution in [2.24, 2.45) is 0 Å². The standard InChI is InChI=1S/C16H17N3O4/c20-13-16(18-15(22)17-13)11-6-1-2-7-12(11)19(14(16)21)9-10-5-3-4-8-23-10/h1-2,6-7,10H,3-5,8-9H2,(H2,17,18,20,22). The van der Waals surface area contributed by atoms with Crippen LogP contribution >= 0.6 is 0 Å². The number of nitrogens with one attached hydrogen (secondary N) is 2. The van der Waals surface area contributed by atoms with Crippen molar-refractivity contribution in [3.05, 3.63) is 29.8 Å². The average molecular weight is 315 g/mol. The first-order chi connectivity index (χ1) is 11.1. The molecule has 2 atom stereocenters. The summed E-state index contributed by atoms with van der Waals surface area (Å²) in [5.41, 5.74) is -0.462. The molecule has 1 aromatic carbocycles. The van der Waals surface area contributed by atoms with Gasteiger partial charge in [-0.15, -0.1) is 0 Å². The van der Waals surface area contributed by atoms with Gasteiger partial charge in [-0.05, 0) is 25.3 Å². The minimum atomic E-state index is -1.64. The molecule has 4 amide bonds. The number of ether oxygens (including phenoxy) is 1. The molecule has 1 aromatic rings. The monoisotopic (exact) mass is 315 g/mol. The van der Waals surface area contributed by atoms with Gasteiger partial charge in [0.05, 0.1) is 18.3 Å². The van der Waals surface area contributed by atoms with Crippen LogP contribution in [-0.2, 0) is 19.9 Å². The average Bonchev–Trinajstić information content (AvgIpc) is 2.99. The lowest BCUT2D eigenvalue weighted by atomic mass is 9.92. The molecule has 23 heavy (non-hydrogen) atoms. The molecule has 2 saturated heterocycles. The first-order valence-corrected chi connectivity index (χ1v) is 7.79. The molecule has 7 heteroatoms. The Bertz CT molecular complexity index is 698. The van der Waals surface area contributed by atoms with Crippen molar-refractivity contribution in [1.29, 1.82) is 0 Å². The third-order valence-corrected chi connectivity index (χ3v) is 4.69.